The lowest BCUT2D eigenvalue weighted by molar-refractivity contribution is 0.0725. The number of piperidine rings is 1. The number of hydrogen-bond donors (Lipinski definition) is 0. The quantitative estimate of drug-likeness (QED) is 0.828. The van der Waals surface area contributed by atoms with Crippen molar-refractivity contribution in [3.05, 3.63) is 35.4 Å². The van der Waals surface area contributed by atoms with Gasteiger partial charge in [-0.05, 0) is 31.9 Å². The van der Waals surface area contributed by atoms with Gasteiger partial charge in [-0.2, -0.15) is 0 Å². The first-order valence-electron chi connectivity index (χ1n) is 6.43. The van der Waals surface area contributed by atoms with Crippen molar-refractivity contribution in [1.29, 1.82) is 0 Å². The van der Waals surface area contributed by atoms with E-state index >= 15 is 0 Å². The molecule has 0 bridgehead atoms. The van der Waals surface area contributed by atoms with Gasteiger partial charge in [0.2, 0.25) is 0 Å². The minimum Gasteiger partial charge on any atom is -0.339 e. The van der Waals surface area contributed by atoms with Gasteiger partial charge in [-0.3, -0.25) is 4.79 Å². The maximum Gasteiger partial charge on any atom is 0.253 e. The molecule has 2 rings (SSSR count). The summed E-state index contributed by atoms with van der Waals surface area (Å²) in [6.07, 6.45) is 2.35. The third-order valence-corrected chi connectivity index (χ3v) is 5.28. The molecule has 1 aliphatic heterocycles. The summed E-state index contributed by atoms with van der Waals surface area (Å²) >= 11 is 0. The molecule has 0 saturated carbocycles. The van der Waals surface area contributed by atoms with Crippen molar-refractivity contribution in [2.75, 3.05) is 19.3 Å². The fourth-order valence-corrected chi connectivity index (χ4v) is 3.51. The second-order valence-corrected chi connectivity index (χ2v) is 7.52. The Bertz CT molecular complexity index is 572. The Labute approximate surface area is 114 Å². The Morgan fingerprint density at radius 1 is 1.26 bits per heavy atom. The van der Waals surface area contributed by atoms with Gasteiger partial charge < -0.3 is 4.90 Å². The molecule has 1 aromatic carbocycles. The smallest absolute Gasteiger partial charge is 0.253 e. The van der Waals surface area contributed by atoms with Crippen molar-refractivity contribution in [2.45, 2.75) is 25.0 Å². The average molecular weight is 281 g/mol. The van der Waals surface area contributed by atoms with E-state index in [0.717, 1.165) is 5.56 Å². The topological polar surface area (TPSA) is 54.5 Å². The molecule has 1 aliphatic rings. The number of hydrogen-bond acceptors (Lipinski definition) is 3. The number of amides is 1. The van der Waals surface area contributed by atoms with Gasteiger partial charge in [0.1, 0.15) is 9.84 Å². The predicted octanol–water partition coefficient (Wildman–Crippen LogP) is 1.64. The highest BCUT2D eigenvalue weighted by Gasteiger charge is 2.29. The fourth-order valence-electron chi connectivity index (χ4n) is 2.45. The van der Waals surface area contributed by atoms with Crippen LogP contribution in [0.4, 0.5) is 0 Å². The van der Waals surface area contributed by atoms with Crippen molar-refractivity contribution in [3.8, 4) is 0 Å². The molecule has 1 amide bonds. The first-order chi connectivity index (χ1) is 8.88. The lowest BCUT2D eigenvalue weighted by Gasteiger charge is -2.31. The number of carbonyl (C=O) groups excluding carboxylic acids is 1. The molecule has 0 radical (unpaired) electrons. The molecule has 1 saturated heterocycles. The average Bonchev–Trinajstić information content (AvgIpc) is 2.37. The van der Waals surface area contributed by atoms with E-state index in [4.69, 9.17) is 0 Å². The van der Waals surface area contributed by atoms with Crippen LogP contribution >= 0.6 is 0 Å². The summed E-state index contributed by atoms with van der Waals surface area (Å²) in [4.78, 5) is 14.0. The van der Waals surface area contributed by atoms with Crippen LogP contribution in [0.15, 0.2) is 24.3 Å². The Morgan fingerprint density at radius 2 is 1.89 bits per heavy atom. The summed E-state index contributed by atoms with van der Waals surface area (Å²) in [5, 5.41) is -0.297. The van der Waals surface area contributed by atoms with Gasteiger partial charge in [0.25, 0.3) is 5.91 Å². The molecule has 0 aliphatic carbocycles. The number of rotatable bonds is 2. The van der Waals surface area contributed by atoms with Gasteiger partial charge in [-0.1, -0.05) is 17.7 Å². The summed E-state index contributed by atoms with van der Waals surface area (Å²) in [6.45, 7) is 2.99. The van der Waals surface area contributed by atoms with Crippen molar-refractivity contribution in [3.63, 3.8) is 0 Å². The maximum absolute atomic E-state index is 12.3. The van der Waals surface area contributed by atoms with E-state index in [9.17, 15) is 13.2 Å². The van der Waals surface area contributed by atoms with Crippen molar-refractivity contribution < 1.29 is 13.2 Å². The summed E-state index contributed by atoms with van der Waals surface area (Å²) in [5.41, 5.74) is 1.73. The van der Waals surface area contributed by atoms with E-state index < -0.39 is 9.84 Å². The minimum atomic E-state index is -2.98. The Kier molecular flexibility index (Phi) is 3.94. The number of sulfone groups is 1. The SMILES string of the molecule is Cc1cccc(C(=O)N2CCC(S(C)(=O)=O)CC2)c1. The van der Waals surface area contributed by atoms with Crippen LogP contribution in [0.2, 0.25) is 0 Å². The highest BCUT2D eigenvalue weighted by atomic mass is 32.2. The van der Waals surface area contributed by atoms with Crippen LogP contribution in [0.5, 0.6) is 0 Å². The zero-order chi connectivity index (χ0) is 14.0. The third kappa shape index (κ3) is 3.35. The number of nitrogens with zero attached hydrogens (tertiary/aromatic N) is 1. The molecule has 1 fully saturated rings. The molecule has 0 unspecified atom stereocenters. The Morgan fingerprint density at radius 3 is 2.42 bits per heavy atom. The van der Waals surface area contributed by atoms with E-state index in [2.05, 4.69) is 0 Å². The van der Waals surface area contributed by atoms with Gasteiger partial charge in [0, 0.05) is 24.9 Å². The highest BCUT2D eigenvalue weighted by Crippen LogP contribution is 2.19. The molecule has 1 aromatic rings. The number of aryl methyl sites for hydroxylation is 1. The zero-order valence-electron chi connectivity index (χ0n) is 11.3. The van der Waals surface area contributed by atoms with Gasteiger partial charge >= 0.3 is 0 Å². The van der Waals surface area contributed by atoms with E-state index in [1.807, 2.05) is 25.1 Å². The first kappa shape index (κ1) is 14.1. The van der Waals surface area contributed by atoms with Crippen molar-refractivity contribution in [2.24, 2.45) is 0 Å². The largest absolute Gasteiger partial charge is 0.339 e. The Hall–Kier alpha value is -1.36. The van der Waals surface area contributed by atoms with Crippen LogP contribution in [-0.2, 0) is 9.84 Å². The maximum atomic E-state index is 12.3. The second kappa shape index (κ2) is 5.33. The molecule has 5 heteroatoms. The van der Waals surface area contributed by atoms with Crippen LogP contribution in [-0.4, -0.2) is 43.8 Å². The lowest BCUT2D eigenvalue weighted by Crippen LogP contribution is -2.42. The summed E-state index contributed by atoms with van der Waals surface area (Å²) in [5.74, 6) is -0.00403. The standard InChI is InChI=1S/C14H19NO3S/c1-11-4-3-5-12(10-11)14(16)15-8-6-13(7-9-15)19(2,17)18/h3-5,10,13H,6-9H2,1-2H3. The van der Waals surface area contributed by atoms with E-state index in [0.29, 0.717) is 31.5 Å². The molecule has 104 valence electrons. The number of carbonyl (C=O) groups is 1. The van der Waals surface area contributed by atoms with E-state index in [1.165, 1.54) is 6.26 Å². The minimum absolute atomic E-state index is 0.00403. The van der Waals surface area contributed by atoms with Crippen LogP contribution in [0, 0.1) is 6.92 Å². The second-order valence-electron chi connectivity index (χ2n) is 5.19. The lowest BCUT2D eigenvalue weighted by atomic mass is 10.1. The van der Waals surface area contributed by atoms with Crippen LogP contribution < -0.4 is 0 Å². The monoisotopic (exact) mass is 281 g/mol. The van der Waals surface area contributed by atoms with Crippen molar-refractivity contribution in [1.82, 2.24) is 4.90 Å². The molecule has 1 heterocycles. The number of benzene rings is 1. The van der Waals surface area contributed by atoms with Gasteiger partial charge in [-0.25, -0.2) is 8.42 Å². The summed E-state index contributed by atoms with van der Waals surface area (Å²) in [6, 6.07) is 7.49. The van der Waals surface area contributed by atoms with Gasteiger partial charge in [-0.15, -0.1) is 0 Å². The van der Waals surface area contributed by atoms with E-state index in [-0.39, 0.29) is 11.2 Å². The van der Waals surface area contributed by atoms with Crippen LogP contribution in [0.1, 0.15) is 28.8 Å². The normalized spacial score (nSPS) is 17.5. The molecule has 0 N–H and O–H groups in total. The Balaban J connectivity index is 2.04. The summed E-state index contributed by atoms with van der Waals surface area (Å²) in [7, 11) is -2.98. The summed E-state index contributed by atoms with van der Waals surface area (Å²) < 4.78 is 22.9. The van der Waals surface area contributed by atoms with Gasteiger partial charge in [0.15, 0.2) is 0 Å². The molecule has 0 spiro atoms. The molecule has 4 nitrogen and oxygen atoms in total. The molecular formula is C14H19NO3S. The zero-order valence-corrected chi connectivity index (χ0v) is 12.1. The van der Waals surface area contributed by atoms with Crippen LogP contribution in [0.3, 0.4) is 0 Å². The molecular weight excluding hydrogens is 262 g/mol. The predicted molar refractivity (Wildman–Crippen MR) is 74.9 cm³/mol. The van der Waals surface area contributed by atoms with E-state index in [1.54, 1.807) is 11.0 Å². The molecule has 0 atom stereocenters. The van der Waals surface area contributed by atoms with Crippen LogP contribution in [0.25, 0.3) is 0 Å². The molecule has 0 aromatic heterocycles. The van der Waals surface area contributed by atoms with Gasteiger partial charge in [0.05, 0.1) is 5.25 Å². The van der Waals surface area contributed by atoms with Crippen molar-refractivity contribution >= 4 is 15.7 Å². The fraction of sp³-hybridized carbons (Fsp3) is 0.500. The first-order valence-corrected chi connectivity index (χ1v) is 8.38. The highest BCUT2D eigenvalue weighted by molar-refractivity contribution is 7.91. The third-order valence-electron chi connectivity index (χ3n) is 3.60. The number of likely N-dealkylation sites (tertiary alicyclic amines) is 1. The molecule has 19 heavy (non-hydrogen) atoms.